The lowest BCUT2D eigenvalue weighted by Gasteiger charge is -2.26. The zero-order valence-corrected chi connectivity index (χ0v) is 24.7. The van der Waals surface area contributed by atoms with E-state index in [4.69, 9.17) is 18.9 Å². The molecule has 3 aliphatic heterocycles. The number of fused-ring (bicyclic) bond motifs is 5. The monoisotopic (exact) mass is 628 g/mol. The van der Waals surface area contributed by atoms with Gasteiger partial charge in [-0.3, -0.25) is 9.59 Å². The number of rotatable bonds is 4. The Morgan fingerprint density at radius 1 is 1.09 bits per heavy atom. The highest BCUT2D eigenvalue weighted by Gasteiger charge is 2.39. The number of benzene rings is 2. The third-order valence-corrected chi connectivity index (χ3v) is 9.61. The highest BCUT2D eigenvalue weighted by atomic mass is 32.2. The summed E-state index contributed by atoms with van der Waals surface area (Å²) in [7, 11) is -2.41. The summed E-state index contributed by atoms with van der Waals surface area (Å²) in [4.78, 5) is 28.4. The van der Waals surface area contributed by atoms with Crippen LogP contribution in [0.15, 0.2) is 47.5 Å². The molecule has 2 amide bonds. The molecule has 0 spiro atoms. The maximum absolute atomic E-state index is 13.7. The maximum atomic E-state index is 13.7. The molecule has 0 unspecified atom stereocenters. The Kier molecular flexibility index (Phi) is 8.40. The van der Waals surface area contributed by atoms with Gasteiger partial charge in [-0.15, -0.1) is 5.10 Å². The van der Waals surface area contributed by atoms with Gasteiger partial charge in [0.1, 0.15) is 18.1 Å². The molecule has 0 radical (unpaired) electrons. The number of aromatic hydroxyl groups is 1. The Morgan fingerprint density at radius 3 is 2.70 bits per heavy atom. The van der Waals surface area contributed by atoms with E-state index in [-0.39, 0.29) is 68.8 Å². The molecule has 44 heavy (non-hydrogen) atoms. The highest BCUT2D eigenvalue weighted by Crippen LogP contribution is 2.30. The molecule has 2 fully saturated rings. The second-order valence-corrected chi connectivity index (χ2v) is 12.5. The SMILES string of the molecule is COc1ccc2cc1OCCn1cc(nn1)CO[C@H]1CN(C(=O)c3cc(S(=O)(=O)N4CCOCC4)ccc3O)C[C@@H]1NC2=O. The van der Waals surface area contributed by atoms with Gasteiger partial charge < -0.3 is 34.3 Å². The number of hydrogen-bond acceptors (Lipinski definition) is 11. The van der Waals surface area contributed by atoms with Gasteiger partial charge in [-0.25, -0.2) is 13.1 Å². The molecular weight excluding hydrogens is 596 g/mol. The Hall–Kier alpha value is -4.25. The largest absolute Gasteiger partial charge is 0.507 e. The molecule has 1 aromatic heterocycles. The zero-order chi connectivity index (χ0) is 30.8. The van der Waals surface area contributed by atoms with Crippen LogP contribution in [0.4, 0.5) is 0 Å². The van der Waals surface area contributed by atoms with E-state index in [1.54, 1.807) is 29.1 Å². The zero-order valence-electron chi connectivity index (χ0n) is 23.9. The van der Waals surface area contributed by atoms with E-state index in [0.717, 1.165) is 0 Å². The van der Waals surface area contributed by atoms with Crippen LogP contribution >= 0.6 is 0 Å². The average molecular weight is 629 g/mol. The fraction of sp³-hybridized carbons (Fsp3) is 0.429. The van der Waals surface area contributed by atoms with Gasteiger partial charge in [0.2, 0.25) is 10.0 Å². The van der Waals surface area contributed by atoms with Crippen LogP contribution in [-0.4, -0.2) is 115 Å². The number of nitrogens with one attached hydrogen (secondary N) is 1. The minimum atomic E-state index is -3.91. The summed E-state index contributed by atoms with van der Waals surface area (Å²) in [6.07, 6.45) is 1.08. The average Bonchev–Trinajstić information content (AvgIpc) is 3.66. The van der Waals surface area contributed by atoms with Crippen molar-refractivity contribution in [3.63, 3.8) is 0 Å². The maximum Gasteiger partial charge on any atom is 0.257 e. The summed E-state index contributed by atoms with van der Waals surface area (Å²) < 4.78 is 52.0. The van der Waals surface area contributed by atoms with Crippen molar-refractivity contribution in [3.8, 4) is 17.2 Å². The van der Waals surface area contributed by atoms with E-state index in [9.17, 15) is 23.1 Å². The number of aromatic nitrogens is 3. The van der Waals surface area contributed by atoms with Crippen LogP contribution in [0.2, 0.25) is 0 Å². The molecule has 2 N–H and O–H groups in total. The number of sulfonamides is 1. The molecule has 3 aliphatic rings. The van der Waals surface area contributed by atoms with Crippen molar-refractivity contribution in [2.45, 2.75) is 30.2 Å². The lowest BCUT2D eigenvalue weighted by Crippen LogP contribution is -2.44. The van der Waals surface area contributed by atoms with Gasteiger partial charge in [-0.2, -0.15) is 4.31 Å². The van der Waals surface area contributed by atoms with Gasteiger partial charge in [0.15, 0.2) is 11.5 Å². The third kappa shape index (κ3) is 6.06. The molecule has 4 heterocycles. The van der Waals surface area contributed by atoms with E-state index in [1.807, 2.05) is 0 Å². The molecule has 3 aromatic rings. The van der Waals surface area contributed by atoms with E-state index in [2.05, 4.69) is 15.6 Å². The molecule has 2 aromatic carbocycles. The van der Waals surface area contributed by atoms with Crippen molar-refractivity contribution >= 4 is 21.8 Å². The van der Waals surface area contributed by atoms with Gasteiger partial charge in [-0.1, -0.05) is 5.21 Å². The molecule has 0 saturated carbocycles. The Morgan fingerprint density at radius 2 is 1.91 bits per heavy atom. The molecule has 15 nitrogen and oxygen atoms in total. The van der Waals surface area contributed by atoms with Crippen molar-refractivity contribution < 1.29 is 42.1 Å². The van der Waals surface area contributed by atoms with Crippen LogP contribution in [-0.2, 0) is 32.6 Å². The number of carbonyl (C=O) groups is 2. The standard InChI is InChI=1S/C28H32N6O9S/c1-40-24-5-2-18-12-25(24)42-11-6-33-14-19(30-31-33)17-43-26-16-32(15-22(26)29-27(18)36)28(37)21-13-20(3-4-23(21)35)44(38,39)34-7-9-41-10-8-34/h2-5,12-14,22,26,35H,6-11,15-17H2,1H3,(H,29,36)/t22-,26-/m0/s1. The first-order valence-corrected chi connectivity index (χ1v) is 15.5. The van der Waals surface area contributed by atoms with Crippen molar-refractivity contribution in [2.24, 2.45) is 0 Å². The first kappa shape index (κ1) is 29.8. The second kappa shape index (κ2) is 12.4. The number of nitrogens with zero attached hydrogens (tertiary/aromatic N) is 5. The van der Waals surface area contributed by atoms with Crippen molar-refractivity contribution in [1.29, 1.82) is 0 Å². The number of ether oxygens (including phenoxy) is 4. The number of morpholine rings is 1. The number of phenols is 1. The fourth-order valence-electron chi connectivity index (χ4n) is 5.34. The summed E-state index contributed by atoms with van der Waals surface area (Å²) in [6.45, 7) is 1.75. The lowest BCUT2D eigenvalue weighted by molar-refractivity contribution is 0.0291. The van der Waals surface area contributed by atoms with Crippen molar-refractivity contribution in [3.05, 3.63) is 59.4 Å². The molecular formula is C28H32N6O9S. The fourth-order valence-corrected chi connectivity index (χ4v) is 6.77. The molecule has 4 bridgehead atoms. The number of phenolic OH excluding ortho intramolecular Hbond substituents is 1. The molecule has 0 aliphatic carbocycles. The topological polar surface area (TPSA) is 175 Å². The van der Waals surface area contributed by atoms with Crippen LogP contribution < -0.4 is 14.8 Å². The van der Waals surface area contributed by atoms with Gasteiger partial charge in [0, 0.05) is 31.7 Å². The Balaban J connectivity index is 1.26. The minimum absolute atomic E-state index is 0.0430. The van der Waals surface area contributed by atoms with Crippen LogP contribution in [0, 0.1) is 0 Å². The minimum Gasteiger partial charge on any atom is -0.507 e. The van der Waals surface area contributed by atoms with E-state index in [1.165, 1.54) is 34.5 Å². The molecule has 2 saturated heterocycles. The summed E-state index contributed by atoms with van der Waals surface area (Å²) >= 11 is 0. The number of methoxy groups -OCH3 is 1. The molecule has 234 valence electrons. The number of hydrogen-bond donors (Lipinski definition) is 2. The predicted molar refractivity (Wildman–Crippen MR) is 152 cm³/mol. The molecule has 2 atom stereocenters. The summed E-state index contributed by atoms with van der Waals surface area (Å²) in [6, 6.07) is 7.82. The van der Waals surface area contributed by atoms with Gasteiger partial charge in [0.05, 0.1) is 62.3 Å². The van der Waals surface area contributed by atoms with E-state index in [0.29, 0.717) is 29.3 Å². The number of amides is 2. The van der Waals surface area contributed by atoms with E-state index >= 15 is 0 Å². The van der Waals surface area contributed by atoms with Gasteiger partial charge in [-0.05, 0) is 36.4 Å². The van der Waals surface area contributed by atoms with E-state index < -0.39 is 34.0 Å². The van der Waals surface area contributed by atoms with Crippen LogP contribution in [0.1, 0.15) is 26.4 Å². The summed E-state index contributed by atoms with van der Waals surface area (Å²) in [5.74, 6) is -0.536. The Labute approximate surface area is 253 Å². The lowest BCUT2D eigenvalue weighted by atomic mass is 10.1. The first-order chi connectivity index (χ1) is 21.2. The van der Waals surface area contributed by atoms with Crippen molar-refractivity contribution in [1.82, 2.24) is 29.5 Å². The Bertz CT molecular complexity index is 1660. The highest BCUT2D eigenvalue weighted by molar-refractivity contribution is 7.89. The predicted octanol–water partition coefficient (Wildman–Crippen LogP) is 0.245. The number of carbonyl (C=O) groups excluding carboxylic acids is 2. The normalized spacial score (nSPS) is 21.4. The van der Waals surface area contributed by atoms with Gasteiger partial charge in [0.25, 0.3) is 11.8 Å². The molecule has 16 heteroatoms. The first-order valence-electron chi connectivity index (χ1n) is 14.1. The second-order valence-electron chi connectivity index (χ2n) is 10.5. The smallest absolute Gasteiger partial charge is 0.257 e. The van der Waals surface area contributed by atoms with Crippen LogP contribution in [0.3, 0.4) is 0 Å². The number of likely N-dealkylation sites (tertiary alicyclic amines) is 1. The summed E-state index contributed by atoms with van der Waals surface area (Å²) in [5, 5.41) is 21.8. The van der Waals surface area contributed by atoms with Crippen LogP contribution in [0.5, 0.6) is 17.2 Å². The van der Waals surface area contributed by atoms with Crippen molar-refractivity contribution in [2.75, 3.05) is 53.1 Å². The van der Waals surface area contributed by atoms with Crippen LogP contribution in [0.25, 0.3) is 0 Å². The molecule has 6 rings (SSSR count). The summed E-state index contributed by atoms with van der Waals surface area (Å²) in [5.41, 5.74) is 0.693. The third-order valence-electron chi connectivity index (χ3n) is 7.71. The van der Waals surface area contributed by atoms with Gasteiger partial charge >= 0.3 is 0 Å². The quantitative estimate of drug-likeness (QED) is 0.405.